The monoisotopic (exact) mass is 323 g/mol. The van der Waals surface area contributed by atoms with E-state index in [0.29, 0.717) is 18.1 Å². The highest BCUT2D eigenvalue weighted by molar-refractivity contribution is 5.94. The Bertz CT molecular complexity index is 743. The zero-order chi connectivity index (χ0) is 16.4. The van der Waals surface area contributed by atoms with Crippen LogP contribution >= 0.6 is 0 Å². The van der Waals surface area contributed by atoms with Crippen molar-refractivity contribution in [1.82, 2.24) is 9.97 Å². The van der Waals surface area contributed by atoms with Crippen LogP contribution in [0.1, 0.15) is 43.2 Å². The summed E-state index contributed by atoms with van der Waals surface area (Å²) in [4.78, 5) is 22.1. The van der Waals surface area contributed by atoms with Crippen LogP contribution < -0.4 is 9.64 Å². The van der Waals surface area contributed by atoms with Crippen molar-refractivity contribution in [3.8, 4) is 11.6 Å². The summed E-state index contributed by atoms with van der Waals surface area (Å²) in [6, 6.07) is 6.30. The largest absolute Gasteiger partial charge is 0.437 e. The molecule has 124 valence electrons. The van der Waals surface area contributed by atoms with Crippen LogP contribution in [0.25, 0.3) is 0 Å². The van der Waals surface area contributed by atoms with E-state index in [4.69, 9.17) is 4.74 Å². The molecule has 1 amide bonds. The first kappa shape index (κ1) is 15.1. The number of rotatable bonds is 3. The van der Waals surface area contributed by atoms with Gasteiger partial charge >= 0.3 is 0 Å². The summed E-state index contributed by atoms with van der Waals surface area (Å²) in [5.41, 5.74) is 2.83. The smallest absolute Gasteiger partial charge is 0.237 e. The number of aromatic nitrogens is 2. The molecule has 0 unspecified atom stereocenters. The minimum Gasteiger partial charge on any atom is -0.437 e. The molecule has 0 spiro atoms. The molecule has 5 heteroatoms. The average molecular weight is 323 g/mol. The van der Waals surface area contributed by atoms with Crippen LogP contribution in [0.3, 0.4) is 0 Å². The third-order valence-electron chi connectivity index (χ3n) is 4.76. The molecule has 1 aliphatic heterocycles. The summed E-state index contributed by atoms with van der Waals surface area (Å²) in [7, 11) is 0. The van der Waals surface area contributed by atoms with Gasteiger partial charge in [0, 0.05) is 13.0 Å². The summed E-state index contributed by atoms with van der Waals surface area (Å²) in [5, 5.41) is 0. The Labute approximate surface area is 141 Å². The van der Waals surface area contributed by atoms with Crippen molar-refractivity contribution in [2.75, 3.05) is 11.4 Å². The van der Waals surface area contributed by atoms with Crippen LogP contribution in [-0.2, 0) is 17.6 Å². The van der Waals surface area contributed by atoms with Crippen LogP contribution in [0.4, 0.5) is 5.82 Å². The number of benzene rings is 1. The lowest BCUT2D eigenvalue weighted by Crippen LogP contribution is -2.24. The lowest BCUT2D eigenvalue weighted by Gasteiger charge is -2.14. The van der Waals surface area contributed by atoms with Crippen molar-refractivity contribution in [2.24, 2.45) is 0 Å². The minimum atomic E-state index is 0.115. The van der Waals surface area contributed by atoms with E-state index in [2.05, 4.69) is 22.1 Å². The highest BCUT2D eigenvalue weighted by Gasteiger charge is 2.23. The summed E-state index contributed by atoms with van der Waals surface area (Å²) in [6.45, 7) is 0.721. The predicted octanol–water partition coefficient (Wildman–Crippen LogP) is 3.66. The van der Waals surface area contributed by atoms with Crippen LogP contribution in [0.15, 0.2) is 30.6 Å². The Kier molecular flexibility index (Phi) is 4.15. The molecule has 4 rings (SSSR count). The van der Waals surface area contributed by atoms with Crippen molar-refractivity contribution >= 4 is 11.7 Å². The summed E-state index contributed by atoms with van der Waals surface area (Å²) in [6.07, 6.45) is 10.8. The highest BCUT2D eigenvalue weighted by atomic mass is 16.5. The molecule has 5 nitrogen and oxygen atoms in total. The molecule has 1 saturated heterocycles. The quantitative estimate of drug-likeness (QED) is 0.809. The Balaban J connectivity index is 1.49. The summed E-state index contributed by atoms with van der Waals surface area (Å²) in [5.74, 6) is 1.98. The van der Waals surface area contributed by atoms with Crippen molar-refractivity contribution in [2.45, 2.75) is 44.9 Å². The number of carbonyl (C=O) groups is 1. The van der Waals surface area contributed by atoms with Gasteiger partial charge in [0.05, 0.1) is 12.4 Å². The van der Waals surface area contributed by atoms with Crippen molar-refractivity contribution in [3.05, 3.63) is 41.7 Å². The van der Waals surface area contributed by atoms with Gasteiger partial charge in [0.1, 0.15) is 5.75 Å². The topological polar surface area (TPSA) is 55.3 Å². The summed E-state index contributed by atoms with van der Waals surface area (Å²) < 4.78 is 5.85. The van der Waals surface area contributed by atoms with Crippen molar-refractivity contribution < 1.29 is 9.53 Å². The lowest BCUT2D eigenvalue weighted by atomic mass is 10.0. The van der Waals surface area contributed by atoms with Crippen molar-refractivity contribution in [3.63, 3.8) is 0 Å². The maximum Gasteiger partial charge on any atom is 0.237 e. The number of carbonyl (C=O) groups excluding carboxylic acids is 1. The maximum absolute atomic E-state index is 11.7. The van der Waals surface area contributed by atoms with Gasteiger partial charge < -0.3 is 4.74 Å². The number of anilines is 1. The molecule has 1 aliphatic carbocycles. The zero-order valence-electron chi connectivity index (χ0n) is 13.7. The summed E-state index contributed by atoms with van der Waals surface area (Å²) >= 11 is 0. The van der Waals surface area contributed by atoms with Gasteiger partial charge in [-0.25, -0.2) is 9.97 Å². The second kappa shape index (κ2) is 6.59. The molecule has 2 heterocycles. The van der Waals surface area contributed by atoms with Gasteiger partial charge in [0.15, 0.2) is 5.82 Å². The number of nitrogens with zero attached hydrogens (tertiary/aromatic N) is 3. The molecule has 24 heavy (non-hydrogen) atoms. The highest BCUT2D eigenvalue weighted by Crippen LogP contribution is 2.27. The fraction of sp³-hybridized carbons (Fsp3) is 0.421. The Morgan fingerprint density at radius 2 is 1.79 bits per heavy atom. The van der Waals surface area contributed by atoms with Gasteiger partial charge in [0.25, 0.3) is 0 Å². The second-order valence-corrected chi connectivity index (χ2v) is 6.46. The van der Waals surface area contributed by atoms with Crippen LogP contribution in [0, 0.1) is 0 Å². The van der Waals surface area contributed by atoms with E-state index in [1.54, 1.807) is 17.3 Å². The first-order valence-electron chi connectivity index (χ1n) is 8.72. The number of ether oxygens (including phenoxy) is 1. The first-order valence-corrected chi connectivity index (χ1v) is 8.72. The number of hydrogen-bond acceptors (Lipinski definition) is 4. The third-order valence-corrected chi connectivity index (χ3v) is 4.76. The van der Waals surface area contributed by atoms with Gasteiger partial charge in [-0.3, -0.25) is 9.69 Å². The van der Waals surface area contributed by atoms with Crippen LogP contribution in [-0.4, -0.2) is 22.4 Å². The van der Waals surface area contributed by atoms with E-state index < -0.39 is 0 Å². The zero-order valence-corrected chi connectivity index (χ0v) is 13.7. The average Bonchev–Trinajstić information content (AvgIpc) is 2.89. The molecule has 0 radical (unpaired) electrons. The SMILES string of the molecule is O=C1CCCN1c1cnc(Oc2ccc3c(c2)CCCCC3)cn1. The van der Waals surface area contributed by atoms with Crippen LogP contribution in [0.2, 0.25) is 0 Å². The van der Waals surface area contributed by atoms with Crippen molar-refractivity contribution in [1.29, 1.82) is 0 Å². The van der Waals surface area contributed by atoms with E-state index in [1.807, 2.05) is 6.07 Å². The lowest BCUT2D eigenvalue weighted by molar-refractivity contribution is -0.117. The third kappa shape index (κ3) is 3.11. The Morgan fingerprint density at radius 3 is 2.54 bits per heavy atom. The maximum atomic E-state index is 11.7. The first-order chi connectivity index (χ1) is 11.8. The van der Waals surface area contributed by atoms with E-state index in [-0.39, 0.29) is 5.91 Å². The Morgan fingerprint density at radius 1 is 0.917 bits per heavy atom. The molecule has 1 aromatic carbocycles. The molecule has 1 fully saturated rings. The fourth-order valence-corrected chi connectivity index (χ4v) is 3.46. The predicted molar refractivity (Wildman–Crippen MR) is 91.4 cm³/mol. The molecular weight excluding hydrogens is 302 g/mol. The number of hydrogen-bond donors (Lipinski definition) is 0. The second-order valence-electron chi connectivity index (χ2n) is 6.46. The number of aryl methyl sites for hydroxylation is 2. The molecule has 0 N–H and O–H groups in total. The van der Waals surface area contributed by atoms with Gasteiger partial charge in [-0.2, -0.15) is 0 Å². The van der Waals surface area contributed by atoms with Gasteiger partial charge in [-0.1, -0.05) is 12.5 Å². The molecular formula is C19H21N3O2. The van der Waals surface area contributed by atoms with E-state index >= 15 is 0 Å². The molecule has 0 saturated carbocycles. The van der Waals surface area contributed by atoms with Gasteiger partial charge in [-0.05, 0) is 55.4 Å². The fourth-order valence-electron chi connectivity index (χ4n) is 3.46. The number of amides is 1. The van der Waals surface area contributed by atoms with E-state index in [0.717, 1.165) is 31.6 Å². The molecule has 2 aliphatic rings. The molecule has 0 atom stereocenters. The molecule has 0 bridgehead atoms. The standard InChI is InChI=1S/C19H21N3O2/c23-19-7-4-10-22(19)17-12-21-18(13-20-17)24-16-9-8-14-5-2-1-3-6-15(14)11-16/h8-9,11-13H,1-7,10H2. The van der Waals surface area contributed by atoms with E-state index in [9.17, 15) is 4.79 Å². The molecule has 2 aromatic rings. The van der Waals surface area contributed by atoms with Gasteiger partial charge in [0.2, 0.25) is 11.8 Å². The Hall–Kier alpha value is -2.43. The normalized spacial score (nSPS) is 17.5. The van der Waals surface area contributed by atoms with E-state index in [1.165, 1.54) is 30.4 Å². The number of fused-ring (bicyclic) bond motifs is 1. The van der Waals surface area contributed by atoms with Gasteiger partial charge in [-0.15, -0.1) is 0 Å². The van der Waals surface area contributed by atoms with Crippen LogP contribution in [0.5, 0.6) is 11.6 Å². The minimum absolute atomic E-state index is 0.115. The molecule has 1 aromatic heterocycles.